The van der Waals surface area contributed by atoms with Crippen molar-refractivity contribution in [2.24, 2.45) is 5.92 Å². The minimum absolute atomic E-state index is 0.0321. The summed E-state index contributed by atoms with van der Waals surface area (Å²) in [6.45, 7) is 4.36. The lowest BCUT2D eigenvalue weighted by molar-refractivity contribution is -0.123. The van der Waals surface area contributed by atoms with E-state index in [-0.39, 0.29) is 11.9 Å². The van der Waals surface area contributed by atoms with Crippen molar-refractivity contribution in [2.75, 3.05) is 32.7 Å². The van der Waals surface area contributed by atoms with E-state index in [2.05, 4.69) is 12.2 Å². The Morgan fingerprint density at radius 1 is 1.19 bits per heavy atom. The number of rotatable bonds is 7. The molecule has 1 atom stereocenters. The number of nitrogens with one attached hydrogen (secondary N) is 1. The van der Waals surface area contributed by atoms with E-state index in [0.717, 1.165) is 5.56 Å². The number of hydrogen-bond acceptors (Lipinski definition) is 4. The number of nitrogens with zero attached hydrogens (tertiary/aromatic N) is 2. The molecule has 142 valence electrons. The average molecular weight is 378 g/mol. The Hall–Kier alpha value is -1.70. The van der Waals surface area contributed by atoms with Crippen LogP contribution in [0.5, 0.6) is 0 Å². The van der Waals surface area contributed by atoms with Crippen molar-refractivity contribution in [3.63, 3.8) is 0 Å². The summed E-state index contributed by atoms with van der Waals surface area (Å²) in [7, 11) is -3.43. The molecule has 26 heavy (non-hydrogen) atoms. The lowest BCUT2D eigenvalue weighted by atomic mass is 10.2. The number of benzene rings is 1. The van der Waals surface area contributed by atoms with Gasteiger partial charge in [0.05, 0.1) is 6.54 Å². The molecule has 0 unspecified atom stereocenters. The Balaban J connectivity index is 1.46. The van der Waals surface area contributed by atoms with Crippen molar-refractivity contribution >= 4 is 22.0 Å². The highest BCUT2D eigenvalue weighted by molar-refractivity contribution is 7.92. The number of carbonyl (C=O) groups is 1. The quantitative estimate of drug-likeness (QED) is 0.782. The third kappa shape index (κ3) is 5.40. The van der Waals surface area contributed by atoms with Gasteiger partial charge < -0.3 is 5.32 Å². The van der Waals surface area contributed by atoms with E-state index in [0.29, 0.717) is 38.6 Å². The Bertz CT molecular complexity index is 737. The lowest BCUT2D eigenvalue weighted by Crippen LogP contribution is -2.51. The maximum atomic E-state index is 12.5. The zero-order valence-corrected chi connectivity index (χ0v) is 16.0. The fourth-order valence-electron chi connectivity index (χ4n) is 3.17. The molecule has 7 heteroatoms. The van der Waals surface area contributed by atoms with Crippen LogP contribution in [0.15, 0.2) is 35.7 Å². The third-order valence-corrected chi connectivity index (χ3v) is 6.57. The summed E-state index contributed by atoms with van der Waals surface area (Å²) >= 11 is 0. The summed E-state index contributed by atoms with van der Waals surface area (Å²) in [6.07, 6.45) is 4.03. The van der Waals surface area contributed by atoms with Crippen LogP contribution in [0.4, 0.5) is 0 Å². The first-order valence-electron chi connectivity index (χ1n) is 9.19. The van der Waals surface area contributed by atoms with Crippen molar-refractivity contribution in [3.05, 3.63) is 41.3 Å². The lowest BCUT2D eigenvalue weighted by Gasteiger charge is -2.33. The Morgan fingerprint density at radius 2 is 1.85 bits per heavy atom. The zero-order valence-electron chi connectivity index (χ0n) is 15.2. The summed E-state index contributed by atoms with van der Waals surface area (Å²) in [5.41, 5.74) is 0.858. The van der Waals surface area contributed by atoms with Crippen LogP contribution < -0.4 is 5.32 Å². The first kappa shape index (κ1) is 19.1. The Morgan fingerprint density at radius 3 is 2.46 bits per heavy atom. The van der Waals surface area contributed by atoms with E-state index in [1.165, 1.54) is 22.6 Å². The molecule has 3 rings (SSSR count). The second kappa shape index (κ2) is 8.33. The van der Waals surface area contributed by atoms with Crippen LogP contribution in [0.3, 0.4) is 0 Å². The van der Waals surface area contributed by atoms with E-state index < -0.39 is 10.0 Å². The van der Waals surface area contributed by atoms with Gasteiger partial charge in [-0.25, -0.2) is 8.42 Å². The highest BCUT2D eigenvalue weighted by Gasteiger charge is 2.30. The normalized spacial score (nSPS) is 21.0. The van der Waals surface area contributed by atoms with Crippen LogP contribution in [0.2, 0.25) is 0 Å². The predicted molar refractivity (Wildman–Crippen MR) is 103 cm³/mol. The predicted octanol–water partition coefficient (Wildman–Crippen LogP) is 1.52. The van der Waals surface area contributed by atoms with E-state index in [4.69, 9.17) is 0 Å². The fourth-order valence-corrected chi connectivity index (χ4v) is 4.35. The fraction of sp³-hybridized carbons (Fsp3) is 0.526. The van der Waals surface area contributed by atoms with Crippen molar-refractivity contribution < 1.29 is 13.2 Å². The van der Waals surface area contributed by atoms with Crippen LogP contribution in [0.25, 0.3) is 6.08 Å². The van der Waals surface area contributed by atoms with Crippen LogP contribution in [-0.4, -0.2) is 62.3 Å². The maximum Gasteiger partial charge on any atom is 0.236 e. The van der Waals surface area contributed by atoms with E-state index in [1.54, 1.807) is 6.08 Å². The van der Waals surface area contributed by atoms with Crippen molar-refractivity contribution in [1.82, 2.24) is 14.5 Å². The SMILES string of the molecule is C[C@H](NC(=O)CN1CCN(S(=O)(=O)/C=C/c2ccccc2)CC1)C1CC1. The van der Waals surface area contributed by atoms with Crippen molar-refractivity contribution in [3.8, 4) is 0 Å². The van der Waals surface area contributed by atoms with Gasteiger partial charge in [0.15, 0.2) is 0 Å². The highest BCUT2D eigenvalue weighted by Crippen LogP contribution is 2.32. The monoisotopic (exact) mass is 377 g/mol. The van der Waals surface area contributed by atoms with Gasteiger partial charge in [0, 0.05) is 37.6 Å². The minimum Gasteiger partial charge on any atom is -0.352 e. The summed E-state index contributed by atoms with van der Waals surface area (Å²) in [4.78, 5) is 14.1. The van der Waals surface area contributed by atoms with Gasteiger partial charge in [0.2, 0.25) is 15.9 Å². The summed E-state index contributed by atoms with van der Waals surface area (Å²) in [5.74, 6) is 0.669. The van der Waals surface area contributed by atoms with Gasteiger partial charge in [0.1, 0.15) is 0 Å². The van der Waals surface area contributed by atoms with Crippen molar-refractivity contribution in [1.29, 1.82) is 0 Å². The number of hydrogen-bond donors (Lipinski definition) is 1. The van der Waals surface area contributed by atoms with Gasteiger partial charge in [-0.3, -0.25) is 9.69 Å². The third-order valence-electron chi connectivity index (χ3n) is 5.01. The largest absolute Gasteiger partial charge is 0.352 e. The zero-order chi connectivity index (χ0) is 18.6. The smallest absolute Gasteiger partial charge is 0.236 e. The molecule has 1 aromatic rings. The number of piperazine rings is 1. The number of carbonyl (C=O) groups excluding carboxylic acids is 1. The molecule has 1 saturated carbocycles. The first-order valence-corrected chi connectivity index (χ1v) is 10.7. The number of amides is 1. The van der Waals surface area contributed by atoms with Crippen molar-refractivity contribution in [2.45, 2.75) is 25.8 Å². The van der Waals surface area contributed by atoms with Crippen LogP contribution >= 0.6 is 0 Å². The molecule has 1 heterocycles. The summed E-state index contributed by atoms with van der Waals surface area (Å²) in [6, 6.07) is 9.62. The van der Waals surface area contributed by atoms with E-state index >= 15 is 0 Å². The topological polar surface area (TPSA) is 69.7 Å². The van der Waals surface area contributed by atoms with E-state index in [1.807, 2.05) is 35.2 Å². The minimum atomic E-state index is -3.43. The van der Waals surface area contributed by atoms with Crippen LogP contribution in [0.1, 0.15) is 25.3 Å². The molecule has 2 aliphatic rings. The molecule has 1 aliphatic carbocycles. The molecule has 2 fully saturated rings. The molecule has 1 aliphatic heterocycles. The van der Waals surface area contributed by atoms with Gasteiger partial charge >= 0.3 is 0 Å². The molecule has 6 nitrogen and oxygen atoms in total. The molecule has 0 radical (unpaired) electrons. The summed E-state index contributed by atoms with van der Waals surface area (Å²) in [5, 5.41) is 4.31. The van der Waals surface area contributed by atoms with E-state index in [9.17, 15) is 13.2 Å². The highest BCUT2D eigenvalue weighted by atomic mass is 32.2. The standard InChI is InChI=1S/C19H27N3O3S/c1-16(18-7-8-18)20-19(23)15-21-10-12-22(13-11-21)26(24,25)14-9-17-5-3-2-4-6-17/h2-6,9,14,16,18H,7-8,10-13,15H2,1H3,(H,20,23)/b14-9+/t16-/m0/s1. The second-order valence-corrected chi connectivity index (χ2v) is 8.95. The molecule has 1 saturated heterocycles. The van der Waals surface area contributed by atoms with Gasteiger partial charge in [0.25, 0.3) is 0 Å². The number of sulfonamides is 1. The Kier molecular flexibility index (Phi) is 6.11. The van der Waals surface area contributed by atoms with Gasteiger partial charge in [-0.1, -0.05) is 30.3 Å². The molecular formula is C19H27N3O3S. The maximum absolute atomic E-state index is 12.5. The van der Waals surface area contributed by atoms with Crippen LogP contribution in [0, 0.1) is 5.92 Å². The second-order valence-electron chi connectivity index (χ2n) is 7.13. The molecule has 1 N–H and O–H groups in total. The molecule has 0 spiro atoms. The molecule has 0 bridgehead atoms. The van der Waals surface area contributed by atoms with Gasteiger partial charge in [-0.15, -0.1) is 0 Å². The average Bonchev–Trinajstić information content (AvgIpc) is 3.46. The Labute approximate surface area is 155 Å². The van der Waals surface area contributed by atoms with Gasteiger partial charge in [-0.2, -0.15) is 4.31 Å². The van der Waals surface area contributed by atoms with Crippen LogP contribution in [-0.2, 0) is 14.8 Å². The molecule has 1 amide bonds. The molecule has 1 aromatic carbocycles. The molecular weight excluding hydrogens is 350 g/mol. The molecule has 0 aromatic heterocycles. The summed E-state index contributed by atoms with van der Waals surface area (Å²) < 4.78 is 26.4. The van der Waals surface area contributed by atoms with Gasteiger partial charge in [-0.05, 0) is 37.3 Å². The first-order chi connectivity index (χ1) is 12.4.